The van der Waals surface area contributed by atoms with E-state index in [4.69, 9.17) is 0 Å². The molecule has 0 aromatic heterocycles. The van der Waals surface area contributed by atoms with E-state index >= 15 is 0 Å². The van der Waals surface area contributed by atoms with Gasteiger partial charge in [0.15, 0.2) is 0 Å². The van der Waals surface area contributed by atoms with Crippen molar-refractivity contribution in [2.45, 2.75) is 20.0 Å². The zero-order valence-electron chi connectivity index (χ0n) is 12.3. The molecule has 0 amide bonds. The quantitative estimate of drug-likeness (QED) is 0.813. The average Bonchev–Trinajstić information content (AvgIpc) is 2.50. The van der Waals surface area contributed by atoms with Gasteiger partial charge in [-0.3, -0.25) is 0 Å². The molecule has 0 aliphatic carbocycles. The molecule has 3 heteroatoms. The normalized spacial score (nSPS) is 12.8. The molecule has 0 bridgehead atoms. The third-order valence-corrected chi connectivity index (χ3v) is 3.68. The summed E-state index contributed by atoms with van der Waals surface area (Å²) in [6.07, 6.45) is -0.353. The summed E-state index contributed by atoms with van der Waals surface area (Å²) in [5, 5.41) is 15.9. The third kappa shape index (κ3) is 3.71. The first-order valence-electron chi connectivity index (χ1n) is 7.36. The second kappa shape index (κ2) is 7.27. The van der Waals surface area contributed by atoms with E-state index in [1.165, 1.54) is 10.8 Å². The van der Waals surface area contributed by atoms with Crippen molar-refractivity contribution >= 4 is 16.5 Å². The molecular formula is C17H24N2O. The van der Waals surface area contributed by atoms with E-state index in [1.54, 1.807) is 0 Å². The van der Waals surface area contributed by atoms with Crippen molar-refractivity contribution in [1.29, 1.82) is 0 Å². The van der Waals surface area contributed by atoms with Gasteiger partial charge < -0.3 is 15.3 Å². The van der Waals surface area contributed by atoms with Crippen molar-refractivity contribution < 1.29 is 5.11 Å². The molecule has 0 radical (unpaired) electrons. The molecule has 0 saturated carbocycles. The summed E-state index contributed by atoms with van der Waals surface area (Å²) in [5.41, 5.74) is 1.08. The first-order valence-corrected chi connectivity index (χ1v) is 7.36. The molecule has 0 spiro atoms. The van der Waals surface area contributed by atoms with Gasteiger partial charge in [-0.2, -0.15) is 0 Å². The molecular weight excluding hydrogens is 248 g/mol. The van der Waals surface area contributed by atoms with Crippen LogP contribution in [-0.4, -0.2) is 42.3 Å². The molecule has 2 rings (SSSR count). The van der Waals surface area contributed by atoms with E-state index < -0.39 is 0 Å². The van der Waals surface area contributed by atoms with Gasteiger partial charge in [-0.25, -0.2) is 0 Å². The molecule has 0 aliphatic heterocycles. The smallest absolute Gasteiger partial charge is 0.0839 e. The molecule has 20 heavy (non-hydrogen) atoms. The second-order valence-corrected chi connectivity index (χ2v) is 5.05. The number of hydrogen-bond acceptors (Lipinski definition) is 3. The van der Waals surface area contributed by atoms with Crippen LogP contribution in [0.3, 0.4) is 0 Å². The maximum atomic E-state index is 10.1. The van der Waals surface area contributed by atoms with Gasteiger partial charge in [0.25, 0.3) is 0 Å². The Kier molecular flexibility index (Phi) is 5.39. The monoisotopic (exact) mass is 272 g/mol. The van der Waals surface area contributed by atoms with E-state index in [-0.39, 0.29) is 6.10 Å². The summed E-state index contributed by atoms with van der Waals surface area (Å²) in [4.78, 5) is 2.23. The van der Waals surface area contributed by atoms with E-state index in [9.17, 15) is 5.11 Å². The van der Waals surface area contributed by atoms with E-state index in [2.05, 4.69) is 48.3 Å². The maximum Gasteiger partial charge on any atom is 0.0839 e. The fourth-order valence-electron chi connectivity index (χ4n) is 2.45. The van der Waals surface area contributed by atoms with Crippen LogP contribution in [0.1, 0.15) is 13.8 Å². The standard InChI is InChI=1S/C17H24N2O/c1-3-19(4-2)13-15(20)12-18-17-11-7-9-14-8-5-6-10-16(14)17/h5-11,15,18,20H,3-4,12-13H2,1-2H3. The molecule has 0 saturated heterocycles. The van der Waals surface area contributed by atoms with Crippen molar-refractivity contribution in [3.05, 3.63) is 42.5 Å². The van der Waals surface area contributed by atoms with Gasteiger partial charge in [-0.1, -0.05) is 50.2 Å². The average molecular weight is 272 g/mol. The molecule has 1 unspecified atom stereocenters. The van der Waals surface area contributed by atoms with Crippen molar-refractivity contribution in [3.8, 4) is 0 Å². The first kappa shape index (κ1) is 14.8. The summed E-state index contributed by atoms with van der Waals surface area (Å²) in [6.45, 7) is 7.47. The van der Waals surface area contributed by atoms with Crippen LogP contribution >= 0.6 is 0 Å². The summed E-state index contributed by atoms with van der Waals surface area (Å²) in [6, 6.07) is 14.5. The van der Waals surface area contributed by atoms with Gasteiger partial charge in [-0.05, 0) is 24.5 Å². The lowest BCUT2D eigenvalue weighted by Crippen LogP contribution is -2.35. The molecule has 0 aliphatic rings. The van der Waals surface area contributed by atoms with Crippen LogP contribution in [0.15, 0.2) is 42.5 Å². The molecule has 2 aromatic rings. The minimum Gasteiger partial charge on any atom is -0.390 e. The summed E-state index contributed by atoms with van der Waals surface area (Å²) >= 11 is 0. The predicted molar refractivity (Wildman–Crippen MR) is 86.2 cm³/mol. The second-order valence-electron chi connectivity index (χ2n) is 5.05. The van der Waals surface area contributed by atoms with E-state index in [1.807, 2.05) is 18.2 Å². The Balaban J connectivity index is 1.99. The fourth-order valence-corrected chi connectivity index (χ4v) is 2.45. The van der Waals surface area contributed by atoms with Crippen molar-refractivity contribution in [2.75, 3.05) is 31.5 Å². The predicted octanol–water partition coefficient (Wildman–Crippen LogP) is 2.95. The molecule has 108 valence electrons. The number of likely N-dealkylation sites (N-methyl/N-ethyl adjacent to an activating group) is 1. The molecule has 0 heterocycles. The van der Waals surface area contributed by atoms with E-state index in [0.717, 1.165) is 18.8 Å². The Hall–Kier alpha value is -1.58. The Morgan fingerprint density at radius 2 is 1.75 bits per heavy atom. The lowest BCUT2D eigenvalue weighted by Gasteiger charge is -2.22. The minimum absolute atomic E-state index is 0.353. The number of fused-ring (bicyclic) bond motifs is 1. The zero-order valence-corrected chi connectivity index (χ0v) is 12.3. The highest BCUT2D eigenvalue weighted by atomic mass is 16.3. The van der Waals surface area contributed by atoms with Gasteiger partial charge in [0, 0.05) is 24.2 Å². The number of aliphatic hydroxyl groups is 1. The van der Waals surface area contributed by atoms with Gasteiger partial charge in [0.1, 0.15) is 0 Å². The van der Waals surface area contributed by atoms with Gasteiger partial charge in [0.2, 0.25) is 0 Å². The van der Waals surface area contributed by atoms with Crippen molar-refractivity contribution in [1.82, 2.24) is 4.90 Å². The van der Waals surface area contributed by atoms with Crippen molar-refractivity contribution in [2.24, 2.45) is 0 Å². The molecule has 0 fully saturated rings. The Bertz CT molecular complexity index is 532. The summed E-state index contributed by atoms with van der Waals surface area (Å²) < 4.78 is 0. The topological polar surface area (TPSA) is 35.5 Å². The van der Waals surface area contributed by atoms with Crippen molar-refractivity contribution in [3.63, 3.8) is 0 Å². The van der Waals surface area contributed by atoms with Gasteiger partial charge in [0.05, 0.1) is 6.10 Å². The minimum atomic E-state index is -0.353. The number of aliphatic hydroxyl groups excluding tert-OH is 1. The molecule has 3 nitrogen and oxygen atoms in total. The van der Waals surface area contributed by atoms with Crippen LogP contribution < -0.4 is 5.32 Å². The molecule has 1 atom stereocenters. The summed E-state index contributed by atoms with van der Waals surface area (Å²) in [7, 11) is 0. The maximum absolute atomic E-state index is 10.1. The highest BCUT2D eigenvalue weighted by molar-refractivity contribution is 5.93. The van der Waals surface area contributed by atoms with Crippen LogP contribution in [0.5, 0.6) is 0 Å². The number of rotatable bonds is 7. The lowest BCUT2D eigenvalue weighted by molar-refractivity contribution is 0.128. The molecule has 2 aromatic carbocycles. The van der Waals surface area contributed by atoms with E-state index in [0.29, 0.717) is 13.1 Å². The van der Waals surface area contributed by atoms with Gasteiger partial charge >= 0.3 is 0 Å². The Labute approximate surface area is 121 Å². The van der Waals surface area contributed by atoms with Crippen LogP contribution in [0.2, 0.25) is 0 Å². The number of hydrogen-bond donors (Lipinski definition) is 2. The Morgan fingerprint density at radius 3 is 2.50 bits per heavy atom. The molecule has 2 N–H and O–H groups in total. The zero-order chi connectivity index (χ0) is 14.4. The van der Waals surface area contributed by atoms with Crippen LogP contribution in [0, 0.1) is 0 Å². The summed E-state index contributed by atoms with van der Waals surface area (Å²) in [5.74, 6) is 0. The number of nitrogens with one attached hydrogen (secondary N) is 1. The van der Waals surface area contributed by atoms with Crippen LogP contribution in [0.4, 0.5) is 5.69 Å². The largest absolute Gasteiger partial charge is 0.390 e. The first-order chi connectivity index (χ1) is 9.74. The SMILES string of the molecule is CCN(CC)CC(O)CNc1cccc2ccccc12. The fraction of sp³-hybridized carbons (Fsp3) is 0.412. The number of benzene rings is 2. The van der Waals surface area contributed by atoms with Crippen LogP contribution in [-0.2, 0) is 0 Å². The van der Waals surface area contributed by atoms with Crippen LogP contribution in [0.25, 0.3) is 10.8 Å². The number of nitrogens with zero attached hydrogens (tertiary/aromatic N) is 1. The Morgan fingerprint density at radius 1 is 1.05 bits per heavy atom. The highest BCUT2D eigenvalue weighted by Crippen LogP contribution is 2.22. The highest BCUT2D eigenvalue weighted by Gasteiger charge is 2.09. The number of anilines is 1. The van der Waals surface area contributed by atoms with Gasteiger partial charge in [-0.15, -0.1) is 0 Å². The third-order valence-electron chi connectivity index (χ3n) is 3.68. The lowest BCUT2D eigenvalue weighted by atomic mass is 10.1.